The minimum absolute atomic E-state index is 0.00826. The minimum atomic E-state index is -0.818. The molecule has 9 heteroatoms. The number of nitrogens with one attached hydrogen (secondary N) is 1. The van der Waals surface area contributed by atoms with Crippen LogP contribution in [0.3, 0.4) is 0 Å². The van der Waals surface area contributed by atoms with Crippen LogP contribution in [0.1, 0.15) is 5.56 Å². The van der Waals surface area contributed by atoms with Crippen molar-refractivity contribution in [3.63, 3.8) is 0 Å². The molecular weight excluding hydrogens is 336 g/mol. The van der Waals surface area contributed by atoms with Crippen LogP contribution in [0.5, 0.6) is 0 Å². The number of rotatable bonds is 6. The van der Waals surface area contributed by atoms with E-state index in [-0.39, 0.29) is 36.7 Å². The van der Waals surface area contributed by atoms with Crippen molar-refractivity contribution < 1.29 is 22.4 Å². The number of benzene rings is 1. The zero-order chi connectivity index (χ0) is 17.8. The van der Waals surface area contributed by atoms with E-state index in [9.17, 15) is 18.4 Å². The highest BCUT2D eigenvalue weighted by Gasteiger charge is 2.15. The van der Waals surface area contributed by atoms with Crippen molar-refractivity contribution in [3.05, 3.63) is 64.3 Å². The highest BCUT2D eigenvalue weighted by molar-refractivity contribution is 5.75. The van der Waals surface area contributed by atoms with Crippen molar-refractivity contribution >= 4 is 5.91 Å². The monoisotopic (exact) mass is 349 g/mol. The van der Waals surface area contributed by atoms with Crippen LogP contribution in [0.15, 0.2) is 50.2 Å². The van der Waals surface area contributed by atoms with Gasteiger partial charge in [-0.2, -0.15) is 4.68 Å². The number of hydrogen-bond acceptors (Lipinski definition) is 5. The zero-order valence-electron chi connectivity index (χ0n) is 12.9. The summed E-state index contributed by atoms with van der Waals surface area (Å²) in [6.07, 6.45) is 1.37. The molecule has 25 heavy (non-hydrogen) atoms. The largest absolute Gasteiger partial charge is 0.459 e. The molecular formula is C16H13F2N3O4. The molecule has 0 unspecified atom stereocenters. The number of carbonyl (C=O) groups is 1. The fourth-order valence-electron chi connectivity index (χ4n) is 2.20. The van der Waals surface area contributed by atoms with Gasteiger partial charge in [0.25, 0.3) is 5.89 Å². The molecule has 0 radical (unpaired) electrons. The van der Waals surface area contributed by atoms with E-state index in [1.165, 1.54) is 12.3 Å². The third kappa shape index (κ3) is 3.82. The van der Waals surface area contributed by atoms with Gasteiger partial charge in [-0.05, 0) is 30.7 Å². The van der Waals surface area contributed by atoms with Crippen LogP contribution in [-0.4, -0.2) is 22.2 Å². The lowest BCUT2D eigenvalue weighted by Crippen LogP contribution is -2.32. The summed E-state index contributed by atoms with van der Waals surface area (Å²) in [6.45, 7) is -0.378. The van der Waals surface area contributed by atoms with E-state index in [4.69, 9.17) is 8.83 Å². The maximum atomic E-state index is 13.5. The predicted octanol–water partition coefficient (Wildman–Crippen LogP) is 1.73. The maximum absolute atomic E-state index is 13.5. The van der Waals surface area contributed by atoms with E-state index >= 15 is 0 Å². The van der Waals surface area contributed by atoms with Crippen LogP contribution in [0.25, 0.3) is 11.7 Å². The summed E-state index contributed by atoms with van der Waals surface area (Å²) in [6, 6.07) is 6.71. The first-order valence-electron chi connectivity index (χ1n) is 7.36. The Labute approximate surface area is 139 Å². The van der Waals surface area contributed by atoms with Gasteiger partial charge in [-0.3, -0.25) is 4.79 Å². The molecule has 2 heterocycles. The molecule has 0 spiro atoms. The Morgan fingerprint density at radius 3 is 2.64 bits per heavy atom. The SMILES string of the molecule is O=C(Cn1nc(-c2ccco2)oc1=O)NCCc1c(F)cccc1F. The Morgan fingerprint density at radius 1 is 1.20 bits per heavy atom. The van der Waals surface area contributed by atoms with Gasteiger partial charge >= 0.3 is 5.76 Å². The van der Waals surface area contributed by atoms with E-state index in [1.54, 1.807) is 12.1 Å². The van der Waals surface area contributed by atoms with Gasteiger partial charge in [-0.25, -0.2) is 13.6 Å². The first kappa shape index (κ1) is 16.6. The summed E-state index contributed by atoms with van der Waals surface area (Å²) in [4.78, 5) is 23.5. The highest BCUT2D eigenvalue weighted by Crippen LogP contribution is 2.15. The first-order chi connectivity index (χ1) is 12.0. The van der Waals surface area contributed by atoms with Crippen LogP contribution >= 0.6 is 0 Å². The minimum Gasteiger partial charge on any atom is -0.459 e. The number of nitrogens with zero attached hydrogens (tertiary/aromatic N) is 2. The number of halogens is 2. The van der Waals surface area contributed by atoms with Crippen molar-refractivity contribution in [1.29, 1.82) is 0 Å². The average molecular weight is 349 g/mol. The van der Waals surface area contributed by atoms with Crippen LogP contribution in [0.4, 0.5) is 8.78 Å². The smallest absolute Gasteiger partial charge is 0.437 e. The summed E-state index contributed by atoms with van der Waals surface area (Å²) in [5, 5.41) is 6.32. The maximum Gasteiger partial charge on any atom is 0.437 e. The van der Waals surface area contributed by atoms with Gasteiger partial charge in [0.05, 0.1) is 6.26 Å². The van der Waals surface area contributed by atoms with Crippen LogP contribution in [-0.2, 0) is 17.8 Å². The number of aromatic nitrogens is 2. The summed E-state index contributed by atoms with van der Waals surface area (Å²) < 4.78 is 37.7. The van der Waals surface area contributed by atoms with Crippen molar-refractivity contribution in [2.45, 2.75) is 13.0 Å². The molecule has 130 valence electrons. The first-order valence-corrected chi connectivity index (χ1v) is 7.36. The van der Waals surface area contributed by atoms with E-state index in [0.29, 0.717) is 0 Å². The molecule has 0 saturated heterocycles. The lowest BCUT2D eigenvalue weighted by atomic mass is 10.1. The Balaban J connectivity index is 1.57. The van der Waals surface area contributed by atoms with E-state index in [1.807, 2.05) is 0 Å². The highest BCUT2D eigenvalue weighted by atomic mass is 19.1. The number of carbonyl (C=O) groups excluding carboxylic acids is 1. The third-order valence-corrected chi connectivity index (χ3v) is 3.39. The molecule has 1 aromatic carbocycles. The second-order valence-corrected chi connectivity index (χ2v) is 5.11. The van der Waals surface area contributed by atoms with Crippen LogP contribution < -0.4 is 11.1 Å². The number of furan rings is 1. The fraction of sp³-hybridized carbons (Fsp3) is 0.188. The zero-order valence-corrected chi connectivity index (χ0v) is 12.9. The van der Waals surface area contributed by atoms with Gasteiger partial charge in [0.15, 0.2) is 5.76 Å². The van der Waals surface area contributed by atoms with Crippen molar-refractivity contribution in [2.24, 2.45) is 0 Å². The summed E-state index contributed by atoms with van der Waals surface area (Å²) in [7, 11) is 0. The Bertz CT molecular complexity index is 911. The molecule has 3 aromatic rings. The third-order valence-electron chi connectivity index (χ3n) is 3.39. The van der Waals surface area contributed by atoms with Crippen LogP contribution in [0.2, 0.25) is 0 Å². The lowest BCUT2D eigenvalue weighted by molar-refractivity contribution is -0.121. The van der Waals surface area contributed by atoms with Gasteiger partial charge < -0.3 is 14.2 Å². The van der Waals surface area contributed by atoms with Gasteiger partial charge in [-0.15, -0.1) is 5.10 Å². The van der Waals surface area contributed by atoms with Crippen LogP contribution in [0, 0.1) is 11.6 Å². The number of hydrogen-bond donors (Lipinski definition) is 1. The normalized spacial score (nSPS) is 10.8. The molecule has 0 aliphatic heterocycles. The van der Waals surface area contributed by atoms with Gasteiger partial charge in [0.1, 0.15) is 18.2 Å². The van der Waals surface area contributed by atoms with Gasteiger partial charge in [-0.1, -0.05) is 6.07 Å². The fourth-order valence-corrected chi connectivity index (χ4v) is 2.20. The second-order valence-electron chi connectivity index (χ2n) is 5.11. The average Bonchev–Trinajstić information content (AvgIpc) is 3.21. The molecule has 0 aliphatic rings. The molecule has 3 rings (SSSR count). The Morgan fingerprint density at radius 2 is 1.96 bits per heavy atom. The Hall–Kier alpha value is -3.23. The molecule has 0 saturated carbocycles. The molecule has 7 nitrogen and oxygen atoms in total. The molecule has 0 atom stereocenters. The molecule has 0 fully saturated rings. The molecule has 0 aliphatic carbocycles. The summed E-state index contributed by atoms with van der Waals surface area (Å²) in [5.41, 5.74) is -0.110. The summed E-state index contributed by atoms with van der Waals surface area (Å²) in [5.74, 6) is -2.50. The topological polar surface area (TPSA) is 90.3 Å². The van der Waals surface area contributed by atoms with Crippen molar-refractivity contribution in [1.82, 2.24) is 15.1 Å². The van der Waals surface area contributed by atoms with Gasteiger partial charge in [0, 0.05) is 12.1 Å². The standard InChI is InChI=1S/C16H13F2N3O4/c17-11-3-1-4-12(18)10(11)6-7-19-14(22)9-21-16(23)25-15(20-21)13-5-2-8-24-13/h1-5,8H,6-7,9H2,(H,19,22). The molecule has 2 aromatic heterocycles. The Kier molecular flexibility index (Phi) is 4.73. The number of amides is 1. The molecule has 1 amide bonds. The van der Waals surface area contributed by atoms with E-state index in [2.05, 4.69) is 10.4 Å². The second kappa shape index (κ2) is 7.12. The van der Waals surface area contributed by atoms with Crippen molar-refractivity contribution in [3.8, 4) is 11.7 Å². The molecule has 0 bridgehead atoms. The predicted molar refractivity (Wildman–Crippen MR) is 81.5 cm³/mol. The summed E-state index contributed by atoms with van der Waals surface area (Å²) >= 11 is 0. The lowest BCUT2D eigenvalue weighted by Gasteiger charge is -2.06. The van der Waals surface area contributed by atoms with E-state index in [0.717, 1.165) is 16.8 Å². The van der Waals surface area contributed by atoms with E-state index < -0.39 is 23.3 Å². The van der Waals surface area contributed by atoms with Crippen molar-refractivity contribution in [2.75, 3.05) is 6.54 Å². The molecule has 1 N–H and O–H groups in total. The van der Waals surface area contributed by atoms with Gasteiger partial charge in [0.2, 0.25) is 5.91 Å². The quantitative estimate of drug-likeness (QED) is 0.732.